The van der Waals surface area contributed by atoms with Crippen molar-refractivity contribution in [1.82, 2.24) is 9.29 Å². The van der Waals surface area contributed by atoms with Crippen molar-refractivity contribution in [3.05, 3.63) is 69.2 Å². The molecule has 182 valence electrons. The summed E-state index contributed by atoms with van der Waals surface area (Å²) in [4.78, 5) is 7.50. The van der Waals surface area contributed by atoms with Crippen molar-refractivity contribution in [2.45, 2.75) is 45.9 Å². The van der Waals surface area contributed by atoms with E-state index in [4.69, 9.17) is 9.72 Å². The van der Waals surface area contributed by atoms with Gasteiger partial charge < -0.3 is 9.64 Å². The molecule has 0 unspecified atom stereocenters. The zero-order valence-corrected chi connectivity index (χ0v) is 22.2. The summed E-state index contributed by atoms with van der Waals surface area (Å²) >= 11 is 1.62. The Morgan fingerprint density at radius 1 is 0.971 bits per heavy atom. The van der Waals surface area contributed by atoms with Crippen LogP contribution in [0, 0.1) is 27.7 Å². The van der Waals surface area contributed by atoms with Gasteiger partial charge in [-0.25, -0.2) is 13.4 Å². The van der Waals surface area contributed by atoms with Crippen LogP contribution >= 0.6 is 11.3 Å². The maximum Gasteiger partial charge on any atom is 0.243 e. The minimum absolute atomic E-state index is 0.460. The molecule has 0 saturated carbocycles. The molecule has 0 amide bonds. The first-order valence-corrected chi connectivity index (χ1v) is 14.0. The van der Waals surface area contributed by atoms with Crippen LogP contribution in [0.3, 0.4) is 0 Å². The molecule has 1 saturated heterocycles. The number of hydrogen-bond acceptors (Lipinski definition) is 6. The lowest BCUT2D eigenvalue weighted by atomic mass is 10.0. The van der Waals surface area contributed by atoms with Gasteiger partial charge in [-0.15, -0.1) is 11.3 Å². The Morgan fingerprint density at radius 2 is 1.59 bits per heavy atom. The Balaban J connectivity index is 1.42. The highest BCUT2D eigenvalue weighted by Gasteiger charge is 2.32. The van der Waals surface area contributed by atoms with E-state index in [2.05, 4.69) is 28.5 Å². The van der Waals surface area contributed by atoms with Crippen molar-refractivity contribution in [2.24, 2.45) is 0 Å². The molecule has 0 radical (unpaired) electrons. The van der Waals surface area contributed by atoms with E-state index in [1.54, 1.807) is 15.6 Å². The summed E-state index contributed by atoms with van der Waals surface area (Å²) in [6.45, 7) is 12.6. The van der Waals surface area contributed by atoms with Crippen LogP contribution in [0.15, 0.2) is 40.6 Å². The lowest BCUT2D eigenvalue weighted by Gasteiger charge is -2.34. The highest BCUT2D eigenvalue weighted by Crippen LogP contribution is 2.30. The molecule has 6 nitrogen and oxygen atoms in total. The Labute approximate surface area is 207 Å². The van der Waals surface area contributed by atoms with Gasteiger partial charge >= 0.3 is 0 Å². The Bertz CT molecular complexity index is 1230. The summed E-state index contributed by atoms with van der Waals surface area (Å²) in [5.41, 5.74) is 5.95. The van der Waals surface area contributed by atoms with Crippen LogP contribution in [-0.4, -0.2) is 50.5 Å². The van der Waals surface area contributed by atoms with Crippen molar-refractivity contribution in [3.8, 4) is 5.75 Å². The Kier molecular flexibility index (Phi) is 7.31. The van der Waals surface area contributed by atoms with Gasteiger partial charge in [-0.1, -0.05) is 18.2 Å². The van der Waals surface area contributed by atoms with Gasteiger partial charge in [-0.3, -0.25) is 0 Å². The third-order valence-corrected chi connectivity index (χ3v) is 9.69. The predicted molar refractivity (Wildman–Crippen MR) is 139 cm³/mol. The molecule has 3 aromatic rings. The van der Waals surface area contributed by atoms with E-state index in [0.29, 0.717) is 37.7 Å². The van der Waals surface area contributed by atoms with Crippen molar-refractivity contribution in [3.63, 3.8) is 0 Å². The number of ether oxygens (including phenoxy) is 1. The number of piperazine rings is 1. The molecular formula is C26H33N3O3S2. The number of rotatable bonds is 7. The molecule has 1 aromatic heterocycles. The minimum atomic E-state index is -3.54. The summed E-state index contributed by atoms with van der Waals surface area (Å²) in [7, 11) is -3.54. The van der Waals surface area contributed by atoms with Gasteiger partial charge in [0.25, 0.3) is 0 Å². The summed E-state index contributed by atoms with van der Waals surface area (Å²) in [6.07, 6.45) is 0.766. The fourth-order valence-electron chi connectivity index (χ4n) is 4.42. The topological polar surface area (TPSA) is 62.7 Å². The molecule has 0 spiro atoms. The van der Waals surface area contributed by atoms with Crippen molar-refractivity contribution in [2.75, 3.05) is 37.7 Å². The molecule has 34 heavy (non-hydrogen) atoms. The number of aromatic nitrogens is 1. The second-order valence-electron chi connectivity index (χ2n) is 8.86. The molecule has 1 fully saturated rings. The molecule has 0 atom stereocenters. The maximum absolute atomic E-state index is 13.5. The zero-order valence-electron chi connectivity index (χ0n) is 20.6. The molecular weight excluding hydrogens is 466 g/mol. The number of aryl methyl sites for hydroxylation is 2. The number of thiazole rings is 1. The molecule has 0 aliphatic carbocycles. The first-order chi connectivity index (χ1) is 16.2. The summed E-state index contributed by atoms with van der Waals surface area (Å²) in [5.74, 6) is 0.879. The van der Waals surface area contributed by atoms with Crippen LogP contribution in [0.25, 0.3) is 0 Å². The van der Waals surface area contributed by atoms with Gasteiger partial charge in [-0.2, -0.15) is 4.31 Å². The van der Waals surface area contributed by atoms with E-state index >= 15 is 0 Å². The van der Waals surface area contributed by atoms with Gasteiger partial charge in [-0.05, 0) is 74.6 Å². The van der Waals surface area contributed by atoms with Crippen LogP contribution in [0.1, 0.15) is 40.4 Å². The smallest absolute Gasteiger partial charge is 0.243 e. The highest BCUT2D eigenvalue weighted by molar-refractivity contribution is 7.89. The minimum Gasteiger partial charge on any atom is -0.494 e. The molecule has 2 aromatic carbocycles. The van der Waals surface area contributed by atoms with Crippen LogP contribution in [-0.2, 0) is 16.4 Å². The average Bonchev–Trinajstić information content (AvgIpc) is 3.28. The normalized spacial score (nSPS) is 15.0. The van der Waals surface area contributed by atoms with Crippen molar-refractivity contribution in [1.29, 1.82) is 0 Å². The van der Waals surface area contributed by atoms with E-state index in [0.717, 1.165) is 45.2 Å². The largest absolute Gasteiger partial charge is 0.494 e. The van der Waals surface area contributed by atoms with E-state index < -0.39 is 10.0 Å². The number of benzene rings is 2. The van der Waals surface area contributed by atoms with Crippen LogP contribution in [0.5, 0.6) is 5.75 Å². The van der Waals surface area contributed by atoms with Crippen LogP contribution in [0.2, 0.25) is 0 Å². The highest BCUT2D eigenvalue weighted by atomic mass is 32.2. The molecule has 4 rings (SSSR count). The number of hydrogen-bond donors (Lipinski definition) is 0. The average molecular weight is 500 g/mol. The van der Waals surface area contributed by atoms with E-state index in [1.165, 1.54) is 5.56 Å². The number of anilines is 1. The lowest BCUT2D eigenvalue weighted by molar-refractivity contribution is 0.340. The molecule has 0 bridgehead atoms. The van der Waals surface area contributed by atoms with Gasteiger partial charge in [0.1, 0.15) is 5.75 Å². The maximum atomic E-state index is 13.5. The first kappa shape index (κ1) is 24.7. The number of nitrogens with zero attached hydrogens (tertiary/aromatic N) is 3. The first-order valence-electron chi connectivity index (χ1n) is 11.7. The second-order valence-corrected chi connectivity index (χ2v) is 11.6. The summed E-state index contributed by atoms with van der Waals surface area (Å²) < 4.78 is 34.2. The predicted octanol–water partition coefficient (Wildman–Crippen LogP) is 4.88. The standard InChI is InChI=1S/C26H33N3O3S2/c1-6-32-24-9-7-22(8-10-24)16-23-17-33-26(27-23)28-11-13-29(14-12-28)34(30,31)25-20(4)18(2)15-19(3)21(25)5/h7-10,15,17H,6,11-14,16H2,1-5H3. The second kappa shape index (κ2) is 10.1. The molecule has 2 heterocycles. The monoisotopic (exact) mass is 499 g/mol. The van der Waals surface area contributed by atoms with E-state index in [-0.39, 0.29) is 0 Å². The molecule has 0 N–H and O–H groups in total. The number of sulfonamides is 1. The fraction of sp³-hybridized carbons (Fsp3) is 0.423. The SMILES string of the molecule is CCOc1ccc(Cc2csc(N3CCN(S(=O)(=O)c4c(C)c(C)cc(C)c4C)CC3)n2)cc1. The van der Waals surface area contributed by atoms with Gasteiger partial charge in [0, 0.05) is 38.0 Å². The van der Waals surface area contributed by atoms with E-state index in [1.807, 2.05) is 46.8 Å². The summed E-state index contributed by atoms with van der Waals surface area (Å²) in [6, 6.07) is 10.2. The quantitative estimate of drug-likeness (QED) is 0.464. The van der Waals surface area contributed by atoms with Gasteiger partial charge in [0.15, 0.2) is 5.13 Å². The van der Waals surface area contributed by atoms with Crippen molar-refractivity contribution >= 4 is 26.5 Å². The van der Waals surface area contributed by atoms with Crippen LogP contribution in [0.4, 0.5) is 5.13 Å². The van der Waals surface area contributed by atoms with E-state index in [9.17, 15) is 8.42 Å². The molecule has 1 aliphatic rings. The zero-order chi connectivity index (χ0) is 24.5. The fourth-order valence-corrected chi connectivity index (χ4v) is 7.30. The summed E-state index contributed by atoms with van der Waals surface area (Å²) in [5, 5.41) is 3.05. The molecule has 8 heteroatoms. The third-order valence-electron chi connectivity index (χ3n) is 6.56. The van der Waals surface area contributed by atoms with Crippen molar-refractivity contribution < 1.29 is 13.2 Å². The van der Waals surface area contributed by atoms with Gasteiger partial charge in [0.2, 0.25) is 10.0 Å². The lowest BCUT2D eigenvalue weighted by Crippen LogP contribution is -2.49. The Morgan fingerprint density at radius 3 is 2.18 bits per heavy atom. The Hall–Kier alpha value is -2.42. The van der Waals surface area contributed by atoms with Gasteiger partial charge in [0.05, 0.1) is 17.2 Å². The third kappa shape index (κ3) is 4.99. The van der Waals surface area contributed by atoms with Crippen LogP contribution < -0.4 is 9.64 Å². The molecule has 1 aliphatic heterocycles.